The quantitative estimate of drug-likeness (QED) is 0.660. The summed E-state index contributed by atoms with van der Waals surface area (Å²) in [6, 6.07) is 14.2. The van der Waals surface area contributed by atoms with Crippen molar-refractivity contribution in [2.45, 2.75) is 6.04 Å². The van der Waals surface area contributed by atoms with Gasteiger partial charge in [0.05, 0.1) is 32.6 Å². The average Bonchev–Trinajstić information content (AvgIpc) is 2.74. The van der Waals surface area contributed by atoms with Crippen LogP contribution in [0.15, 0.2) is 48.5 Å². The van der Waals surface area contributed by atoms with Crippen molar-refractivity contribution in [1.82, 2.24) is 10.2 Å². The van der Waals surface area contributed by atoms with Crippen LogP contribution >= 0.6 is 0 Å². The molecule has 1 aliphatic rings. The molecule has 1 aliphatic heterocycles. The van der Waals surface area contributed by atoms with Gasteiger partial charge in [-0.25, -0.2) is 8.42 Å². The standard InChI is InChI=1S/C21H27N3O5S/c1-28-19-8-6-16(7-9-19)20(24-10-12-29-13-11-24)15-22-21(25)17-4-3-5-18(14-17)23-30(2,26)27/h3-9,14,20,23H,10-13,15H2,1-2H3,(H,22,25). The minimum Gasteiger partial charge on any atom is -0.497 e. The van der Waals surface area contributed by atoms with Gasteiger partial charge in [-0.3, -0.25) is 14.4 Å². The Labute approximate surface area is 177 Å². The number of rotatable bonds is 8. The molecule has 0 aromatic heterocycles. The minimum absolute atomic E-state index is 0.0129. The van der Waals surface area contributed by atoms with Gasteiger partial charge >= 0.3 is 0 Å². The molecular formula is C21H27N3O5S. The van der Waals surface area contributed by atoms with E-state index in [2.05, 4.69) is 14.9 Å². The van der Waals surface area contributed by atoms with Crippen LogP contribution in [-0.2, 0) is 14.8 Å². The Hall–Kier alpha value is -2.62. The first-order chi connectivity index (χ1) is 14.4. The molecule has 2 aromatic carbocycles. The van der Waals surface area contributed by atoms with E-state index in [1.54, 1.807) is 25.3 Å². The van der Waals surface area contributed by atoms with Crippen LogP contribution in [0, 0.1) is 0 Å². The lowest BCUT2D eigenvalue weighted by atomic mass is 10.0. The summed E-state index contributed by atoms with van der Waals surface area (Å²) in [6.07, 6.45) is 1.07. The van der Waals surface area contributed by atoms with Gasteiger partial charge in [0, 0.05) is 30.9 Å². The first kappa shape index (κ1) is 22.1. The maximum atomic E-state index is 12.7. The van der Waals surface area contributed by atoms with Gasteiger partial charge in [0.1, 0.15) is 5.75 Å². The Morgan fingerprint density at radius 3 is 2.50 bits per heavy atom. The molecular weight excluding hydrogens is 406 g/mol. The molecule has 0 bridgehead atoms. The molecule has 1 unspecified atom stereocenters. The summed E-state index contributed by atoms with van der Waals surface area (Å²) in [5.74, 6) is 0.512. The molecule has 8 nitrogen and oxygen atoms in total. The molecule has 162 valence electrons. The van der Waals surface area contributed by atoms with Crippen LogP contribution in [0.5, 0.6) is 5.75 Å². The molecule has 1 amide bonds. The second kappa shape index (κ2) is 9.92. The zero-order valence-corrected chi connectivity index (χ0v) is 17.9. The summed E-state index contributed by atoms with van der Waals surface area (Å²) in [6.45, 7) is 3.27. The highest BCUT2D eigenvalue weighted by molar-refractivity contribution is 7.92. The second-order valence-corrected chi connectivity index (χ2v) is 8.85. The molecule has 1 atom stereocenters. The number of carbonyl (C=O) groups is 1. The third-order valence-corrected chi connectivity index (χ3v) is 5.48. The Bertz CT molecular complexity index is 957. The van der Waals surface area contributed by atoms with E-state index in [9.17, 15) is 13.2 Å². The molecule has 1 fully saturated rings. The fourth-order valence-corrected chi connectivity index (χ4v) is 3.96. The summed E-state index contributed by atoms with van der Waals surface area (Å²) < 4.78 is 36.0. The van der Waals surface area contributed by atoms with Gasteiger partial charge < -0.3 is 14.8 Å². The van der Waals surface area contributed by atoms with E-state index < -0.39 is 10.0 Å². The fourth-order valence-electron chi connectivity index (χ4n) is 3.40. The van der Waals surface area contributed by atoms with Gasteiger partial charge in [-0.2, -0.15) is 0 Å². The van der Waals surface area contributed by atoms with E-state index in [4.69, 9.17) is 9.47 Å². The maximum Gasteiger partial charge on any atom is 0.251 e. The predicted octanol–water partition coefficient (Wildman–Crippen LogP) is 1.87. The van der Waals surface area contributed by atoms with Crippen molar-refractivity contribution in [2.24, 2.45) is 0 Å². The molecule has 0 saturated carbocycles. The maximum absolute atomic E-state index is 12.7. The first-order valence-corrected chi connectivity index (χ1v) is 11.6. The lowest BCUT2D eigenvalue weighted by molar-refractivity contribution is 0.0162. The lowest BCUT2D eigenvalue weighted by Crippen LogP contribution is -2.43. The summed E-state index contributed by atoms with van der Waals surface area (Å²) in [5.41, 5.74) is 1.81. The number of amides is 1. The van der Waals surface area contributed by atoms with E-state index in [0.29, 0.717) is 31.0 Å². The Morgan fingerprint density at radius 2 is 1.87 bits per heavy atom. The number of sulfonamides is 1. The number of hydrogen-bond donors (Lipinski definition) is 2. The highest BCUT2D eigenvalue weighted by Crippen LogP contribution is 2.24. The zero-order valence-electron chi connectivity index (χ0n) is 17.1. The van der Waals surface area contributed by atoms with E-state index in [-0.39, 0.29) is 11.9 Å². The van der Waals surface area contributed by atoms with Gasteiger partial charge in [0.2, 0.25) is 10.0 Å². The molecule has 0 radical (unpaired) electrons. The van der Waals surface area contributed by atoms with Crippen LogP contribution in [0.25, 0.3) is 0 Å². The van der Waals surface area contributed by atoms with Crippen molar-refractivity contribution in [1.29, 1.82) is 0 Å². The number of nitrogens with one attached hydrogen (secondary N) is 2. The van der Waals surface area contributed by atoms with E-state index >= 15 is 0 Å². The van der Waals surface area contributed by atoms with Crippen molar-refractivity contribution in [2.75, 3.05) is 50.9 Å². The number of hydrogen-bond acceptors (Lipinski definition) is 6. The highest BCUT2D eigenvalue weighted by Gasteiger charge is 2.23. The summed E-state index contributed by atoms with van der Waals surface area (Å²) in [7, 11) is -1.79. The van der Waals surface area contributed by atoms with Crippen molar-refractivity contribution in [3.8, 4) is 5.75 Å². The third-order valence-electron chi connectivity index (χ3n) is 4.87. The van der Waals surface area contributed by atoms with Gasteiger partial charge in [-0.15, -0.1) is 0 Å². The molecule has 2 N–H and O–H groups in total. The normalized spacial score (nSPS) is 15.9. The van der Waals surface area contributed by atoms with E-state index in [0.717, 1.165) is 30.7 Å². The number of ether oxygens (including phenoxy) is 2. The van der Waals surface area contributed by atoms with E-state index in [1.807, 2.05) is 24.3 Å². The predicted molar refractivity (Wildman–Crippen MR) is 115 cm³/mol. The second-order valence-electron chi connectivity index (χ2n) is 7.10. The minimum atomic E-state index is -3.41. The fraction of sp³-hybridized carbons (Fsp3) is 0.381. The molecule has 1 heterocycles. The number of methoxy groups -OCH3 is 1. The Kier molecular flexibility index (Phi) is 7.30. The van der Waals surface area contributed by atoms with Crippen molar-refractivity contribution in [3.63, 3.8) is 0 Å². The van der Waals surface area contributed by atoms with Crippen molar-refractivity contribution < 1.29 is 22.7 Å². The van der Waals surface area contributed by atoms with Crippen LogP contribution in [0.4, 0.5) is 5.69 Å². The first-order valence-electron chi connectivity index (χ1n) is 9.67. The van der Waals surface area contributed by atoms with Crippen LogP contribution < -0.4 is 14.8 Å². The molecule has 0 aliphatic carbocycles. The van der Waals surface area contributed by atoms with Crippen LogP contribution in [0.3, 0.4) is 0 Å². The van der Waals surface area contributed by atoms with Crippen LogP contribution in [0.2, 0.25) is 0 Å². The Balaban J connectivity index is 1.73. The highest BCUT2D eigenvalue weighted by atomic mass is 32.2. The molecule has 0 spiro atoms. The van der Waals surface area contributed by atoms with Crippen molar-refractivity contribution in [3.05, 3.63) is 59.7 Å². The number of anilines is 1. The third kappa shape index (κ3) is 6.19. The van der Waals surface area contributed by atoms with Crippen LogP contribution in [-0.4, -0.2) is 65.4 Å². The molecule has 30 heavy (non-hydrogen) atoms. The molecule has 9 heteroatoms. The molecule has 2 aromatic rings. The monoisotopic (exact) mass is 433 g/mol. The number of morpholine rings is 1. The summed E-state index contributed by atoms with van der Waals surface area (Å²) in [5, 5.41) is 2.98. The summed E-state index contributed by atoms with van der Waals surface area (Å²) >= 11 is 0. The largest absolute Gasteiger partial charge is 0.497 e. The number of carbonyl (C=O) groups excluding carboxylic acids is 1. The molecule has 3 rings (SSSR count). The lowest BCUT2D eigenvalue weighted by Gasteiger charge is -2.35. The number of benzene rings is 2. The summed E-state index contributed by atoms with van der Waals surface area (Å²) in [4.78, 5) is 15.0. The average molecular weight is 434 g/mol. The van der Waals surface area contributed by atoms with E-state index in [1.165, 1.54) is 6.07 Å². The SMILES string of the molecule is COc1ccc(C(CNC(=O)c2cccc(NS(C)(=O)=O)c2)N2CCOCC2)cc1. The van der Waals surface area contributed by atoms with Gasteiger partial charge in [0.25, 0.3) is 5.91 Å². The van der Waals surface area contributed by atoms with Gasteiger partial charge in [-0.1, -0.05) is 18.2 Å². The van der Waals surface area contributed by atoms with Gasteiger partial charge in [-0.05, 0) is 35.9 Å². The smallest absolute Gasteiger partial charge is 0.251 e. The van der Waals surface area contributed by atoms with Gasteiger partial charge in [0.15, 0.2) is 0 Å². The Morgan fingerprint density at radius 1 is 1.17 bits per heavy atom. The van der Waals surface area contributed by atoms with Crippen LogP contribution in [0.1, 0.15) is 22.0 Å². The van der Waals surface area contributed by atoms with Crippen molar-refractivity contribution >= 4 is 21.6 Å². The number of nitrogens with zero attached hydrogens (tertiary/aromatic N) is 1. The molecule has 1 saturated heterocycles. The topological polar surface area (TPSA) is 97.0 Å². The zero-order chi connectivity index (χ0) is 21.6.